The van der Waals surface area contributed by atoms with Gasteiger partial charge in [-0.3, -0.25) is 0 Å². The Hall–Kier alpha value is -2.35. The number of halogens is 1. The molecule has 0 unspecified atom stereocenters. The Balaban J connectivity index is 2.11. The second-order valence-electron chi connectivity index (χ2n) is 3.70. The van der Waals surface area contributed by atoms with Crippen LogP contribution in [0, 0.1) is 17.1 Å². The number of anilines is 1. The smallest absolute Gasteiger partial charge is 0.213 e. The summed E-state index contributed by atoms with van der Waals surface area (Å²) in [5, 5.41) is 11.8. The van der Waals surface area contributed by atoms with Gasteiger partial charge in [-0.05, 0) is 12.1 Å². The lowest BCUT2D eigenvalue weighted by Crippen LogP contribution is -2.02. The average Bonchev–Trinajstić information content (AvgIpc) is 2.84. The van der Waals surface area contributed by atoms with E-state index in [2.05, 4.69) is 10.3 Å². The standard InChI is InChI=1S/C13H12FN3O/c1-2-9-7-17-13(18-9)8-16-12-5-3-4-11(14)10(12)6-15/h3-5,7,16H,2,8H2,1H3. The van der Waals surface area contributed by atoms with Gasteiger partial charge in [0.1, 0.15) is 23.2 Å². The minimum atomic E-state index is -0.538. The van der Waals surface area contributed by atoms with E-state index in [1.165, 1.54) is 6.07 Å². The molecule has 92 valence electrons. The van der Waals surface area contributed by atoms with Crippen molar-refractivity contribution >= 4 is 5.69 Å². The van der Waals surface area contributed by atoms with E-state index in [-0.39, 0.29) is 5.56 Å². The predicted octanol–water partition coefficient (Wildman–Crippen LogP) is 2.86. The molecular formula is C13H12FN3O. The third kappa shape index (κ3) is 2.48. The van der Waals surface area contributed by atoms with Crippen LogP contribution in [0.2, 0.25) is 0 Å². The first-order valence-corrected chi connectivity index (χ1v) is 5.60. The molecule has 18 heavy (non-hydrogen) atoms. The van der Waals surface area contributed by atoms with E-state index in [9.17, 15) is 4.39 Å². The maximum Gasteiger partial charge on any atom is 0.213 e. The molecule has 1 N–H and O–H groups in total. The number of hydrogen-bond acceptors (Lipinski definition) is 4. The van der Waals surface area contributed by atoms with E-state index in [0.29, 0.717) is 18.1 Å². The number of oxazole rings is 1. The molecule has 1 heterocycles. The maximum absolute atomic E-state index is 13.3. The zero-order chi connectivity index (χ0) is 13.0. The number of aromatic nitrogens is 1. The summed E-state index contributed by atoms with van der Waals surface area (Å²) in [6.45, 7) is 2.29. The van der Waals surface area contributed by atoms with Crippen molar-refractivity contribution in [3.63, 3.8) is 0 Å². The molecule has 0 bridgehead atoms. The number of hydrogen-bond donors (Lipinski definition) is 1. The lowest BCUT2D eigenvalue weighted by atomic mass is 10.2. The van der Waals surface area contributed by atoms with Gasteiger partial charge < -0.3 is 9.73 Å². The molecule has 0 aliphatic carbocycles. The molecule has 2 rings (SSSR count). The number of rotatable bonds is 4. The quantitative estimate of drug-likeness (QED) is 0.899. The summed E-state index contributed by atoms with van der Waals surface area (Å²) in [6, 6.07) is 6.27. The molecular weight excluding hydrogens is 233 g/mol. The van der Waals surface area contributed by atoms with Crippen LogP contribution in [-0.2, 0) is 13.0 Å². The molecule has 0 fully saturated rings. The molecule has 4 nitrogen and oxygen atoms in total. The lowest BCUT2D eigenvalue weighted by Gasteiger charge is -2.06. The minimum absolute atomic E-state index is 0.000212. The van der Waals surface area contributed by atoms with Crippen molar-refractivity contribution in [2.24, 2.45) is 0 Å². The number of aryl methyl sites for hydroxylation is 1. The zero-order valence-electron chi connectivity index (χ0n) is 9.90. The van der Waals surface area contributed by atoms with Crippen molar-refractivity contribution in [1.29, 1.82) is 5.26 Å². The van der Waals surface area contributed by atoms with Gasteiger partial charge in [-0.25, -0.2) is 9.37 Å². The second-order valence-corrected chi connectivity index (χ2v) is 3.70. The van der Waals surface area contributed by atoms with Crippen molar-refractivity contribution in [1.82, 2.24) is 4.98 Å². The van der Waals surface area contributed by atoms with Crippen molar-refractivity contribution in [2.45, 2.75) is 19.9 Å². The molecule has 0 radical (unpaired) electrons. The second kappa shape index (κ2) is 5.32. The summed E-state index contributed by atoms with van der Waals surface area (Å²) >= 11 is 0. The van der Waals surface area contributed by atoms with Gasteiger partial charge in [0.25, 0.3) is 0 Å². The predicted molar refractivity (Wildman–Crippen MR) is 64.3 cm³/mol. The number of benzene rings is 1. The van der Waals surface area contributed by atoms with E-state index in [1.807, 2.05) is 13.0 Å². The summed E-state index contributed by atoms with van der Waals surface area (Å²) in [5.41, 5.74) is 0.438. The van der Waals surface area contributed by atoms with Gasteiger partial charge in [0.05, 0.1) is 18.4 Å². The zero-order valence-corrected chi connectivity index (χ0v) is 9.90. The van der Waals surface area contributed by atoms with E-state index in [1.54, 1.807) is 18.3 Å². The van der Waals surface area contributed by atoms with Gasteiger partial charge >= 0.3 is 0 Å². The summed E-state index contributed by atoms with van der Waals surface area (Å²) in [4.78, 5) is 4.07. The van der Waals surface area contributed by atoms with Crippen LogP contribution in [0.25, 0.3) is 0 Å². The number of nitrogens with one attached hydrogen (secondary N) is 1. The Kier molecular flexibility index (Phi) is 3.58. The fourth-order valence-electron chi connectivity index (χ4n) is 1.55. The summed E-state index contributed by atoms with van der Waals surface area (Å²) in [7, 11) is 0. The third-order valence-electron chi connectivity index (χ3n) is 2.51. The van der Waals surface area contributed by atoms with E-state index in [4.69, 9.17) is 9.68 Å². The Labute approximate surface area is 104 Å². The molecule has 1 aromatic heterocycles. The maximum atomic E-state index is 13.3. The first-order valence-electron chi connectivity index (χ1n) is 5.60. The highest BCUT2D eigenvalue weighted by Gasteiger charge is 2.08. The normalized spacial score (nSPS) is 10.1. The minimum Gasteiger partial charge on any atom is -0.444 e. The first kappa shape index (κ1) is 12.1. The Bertz CT molecular complexity index is 586. The lowest BCUT2D eigenvalue weighted by molar-refractivity contribution is 0.465. The van der Waals surface area contributed by atoms with Crippen LogP contribution in [0.3, 0.4) is 0 Å². The van der Waals surface area contributed by atoms with Crippen LogP contribution in [0.4, 0.5) is 10.1 Å². The molecule has 2 aromatic rings. The SMILES string of the molecule is CCc1cnc(CNc2cccc(F)c2C#N)o1. The highest BCUT2D eigenvalue weighted by atomic mass is 19.1. The molecule has 0 spiro atoms. The summed E-state index contributed by atoms with van der Waals surface area (Å²) < 4.78 is 18.7. The van der Waals surface area contributed by atoms with Crippen molar-refractivity contribution in [3.05, 3.63) is 47.4 Å². The van der Waals surface area contributed by atoms with Crippen LogP contribution >= 0.6 is 0 Å². The van der Waals surface area contributed by atoms with E-state index < -0.39 is 5.82 Å². The van der Waals surface area contributed by atoms with Gasteiger partial charge in [-0.15, -0.1) is 0 Å². The van der Waals surface area contributed by atoms with Gasteiger partial charge in [-0.2, -0.15) is 5.26 Å². The van der Waals surface area contributed by atoms with Gasteiger partial charge in [-0.1, -0.05) is 13.0 Å². The van der Waals surface area contributed by atoms with E-state index >= 15 is 0 Å². The third-order valence-corrected chi connectivity index (χ3v) is 2.51. The molecule has 0 aliphatic rings. The average molecular weight is 245 g/mol. The fourth-order valence-corrected chi connectivity index (χ4v) is 1.55. The molecule has 1 aromatic carbocycles. The van der Waals surface area contributed by atoms with Crippen LogP contribution in [0.5, 0.6) is 0 Å². The molecule has 0 amide bonds. The molecule has 0 aliphatic heterocycles. The molecule has 0 saturated carbocycles. The van der Waals surface area contributed by atoms with Crippen LogP contribution in [0.15, 0.2) is 28.8 Å². The van der Waals surface area contributed by atoms with Crippen LogP contribution in [0.1, 0.15) is 24.1 Å². The van der Waals surface area contributed by atoms with Gasteiger partial charge in [0, 0.05) is 6.42 Å². The highest BCUT2D eigenvalue weighted by Crippen LogP contribution is 2.18. The highest BCUT2D eigenvalue weighted by molar-refractivity contribution is 5.57. The molecule has 0 atom stereocenters. The first-order chi connectivity index (χ1) is 8.74. The van der Waals surface area contributed by atoms with Crippen molar-refractivity contribution in [2.75, 3.05) is 5.32 Å². The van der Waals surface area contributed by atoms with Crippen molar-refractivity contribution in [3.8, 4) is 6.07 Å². The molecule has 0 saturated heterocycles. The monoisotopic (exact) mass is 245 g/mol. The van der Waals surface area contributed by atoms with Gasteiger partial charge in [0.15, 0.2) is 0 Å². The van der Waals surface area contributed by atoms with Gasteiger partial charge in [0.2, 0.25) is 5.89 Å². The van der Waals surface area contributed by atoms with Crippen molar-refractivity contribution < 1.29 is 8.81 Å². The largest absolute Gasteiger partial charge is 0.444 e. The van der Waals surface area contributed by atoms with E-state index in [0.717, 1.165) is 12.2 Å². The Morgan fingerprint density at radius 1 is 1.50 bits per heavy atom. The topological polar surface area (TPSA) is 61.9 Å². The Morgan fingerprint density at radius 3 is 3.00 bits per heavy atom. The number of nitriles is 1. The summed E-state index contributed by atoms with van der Waals surface area (Å²) in [5.74, 6) is 0.774. The summed E-state index contributed by atoms with van der Waals surface area (Å²) in [6.07, 6.45) is 2.43. The van der Waals surface area contributed by atoms with Crippen LogP contribution < -0.4 is 5.32 Å². The molecule has 5 heteroatoms. The van der Waals surface area contributed by atoms with Crippen LogP contribution in [-0.4, -0.2) is 4.98 Å². The number of nitrogens with zero attached hydrogens (tertiary/aromatic N) is 2. The Morgan fingerprint density at radius 2 is 2.33 bits per heavy atom. The fraction of sp³-hybridized carbons (Fsp3) is 0.231.